The lowest BCUT2D eigenvalue weighted by molar-refractivity contribution is -0.690. The van der Waals surface area contributed by atoms with E-state index in [1.165, 1.54) is 22.0 Å². The molecule has 204 valence electrons. The summed E-state index contributed by atoms with van der Waals surface area (Å²) in [5, 5.41) is 20.2. The molecule has 5 N–H and O–H groups in total. The van der Waals surface area contributed by atoms with Gasteiger partial charge in [0, 0.05) is 35.7 Å². The normalized spacial score (nSPS) is 22.7. The molecule has 2 aromatic heterocycles. The number of carbonyl (C=O) groups excluding carboxylic acids is 3. The van der Waals surface area contributed by atoms with Crippen LogP contribution in [0.25, 0.3) is 0 Å². The summed E-state index contributed by atoms with van der Waals surface area (Å²) in [6.07, 6.45) is 5.24. The fourth-order valence-electron chi connectivity index (χ4n) is 4.34. The van der Waals surface area contributed by atoms with Crippen LogP contribution < -0.4 is 20.9 Å². The van der Waals surface area contributed by atoms with Crippen LogP contribution in [0.1, 0.15) is 12.1 Å². The van der Waals surface area contributed by atoms with Crippen molar-refractivity contribution in [1.82, 2.24) is 20.5 Å². The highest BCUT2D eigenvalue weighted by Gasteiger charge is 2.54. The minimum atomic E-state index is -1.21. The predicted octanol–water partition coefficient (Wildman–Crippen LogP) is -0.217. The molecule has 0 unspecified atom stereocenters. The van der Waals surface area contributed by atoms with Crippen LogP contribution >= 0.6 is 34.9 Å². The van der Waals surface area contributed by atoms with Gasteiger partial charge in [-0.25, -0.2) is 9.78 Å². The van der Waals surface area contributed by atoms with Gasteiger partial charge in [0.05, 0.1) is 4.90 Å². The highest BCUT2D eigenvalue weighted by Crippen LogP contribution is 2.40. The van der Waals surface area contributed by atoms with Crippen LogP contribution in [-0.4, -0.2) is 80.5 Å². The number of nitrogens with zero attached hydrogens (tertiary/aromatic N) is 4. The Morgan fingerprint density at radius 1 is 1.44 bits per heavy atom. The summed E-state index contributed by atoms with van der Waals surface area (Å²) in [6.45, 7) is 0.739. The number of anilines is 1. The Bertz CT molecular complexity index is 1410. The number of thioether (sulfide) groups is 2. The minimum Gasteiger partial charge on any atom is -0.477 e. The highest BCUT2D eigenvalue weighted by molar-refractivity contribution is 8.00. The Kier molecular flexibility index (Phi) is 7.76. The molecular weight excluding hydrogens is 566 g/mol. The van der Waals surface area contributed by atoms with Crippen molar-refractivity contribution in [3.63, 3.8) is 0 Å². The number of hydrogen-bond donors (Lipinski definition) is 4. The zero-order valence-corrected chi connectivity index (χ0v) is 23.0. The molecule has 0 bridgehead atoms. The van der Waals surface area contributed by atoms with Gasteiger partial charge in [-0.15, -0.1) is 34.9 Å². The number of pyridine rings is 1. The van der Waals surface area contributed by atoms with Gasteiger partial charge in [-0.2, -0.15) is 4.57 Å². The van der Waals surface area contributed by atoms with Gasteiger partial charge < -0.3 is 26.3 Å². The van der Waals surface area contributed by atoms with Gasteiger partial charge >= 0.3 is 5.97 Å². The second-order valence-electron chi connectivity index (χ2n) is 8.72. The van der Waals surface area contributed by atoms with E-state index < -0.39 is 35.3 Å². The van der Waals surface area contributed by atoms with Crippen molar-refractivity contribution < 1.29 is 33.7 Å². The third-order valence-corrected chi connectivity index (χ3v) is 8.95. The lowest BCUT2D eigenvalue weighted by Gasteiger charge is -2.49. The molecule has 3 aliphatic rings. The number of rotatable bonds is 9. The molecule has 0 radical (unpaired) electrons. The van der Waals surface area contributed by atoms with E-state index in [0.717, 1.165) is 16.2 Å². The molecule has 0 aromatic carbocycles. The largest absolute Gasteiger partial charge is 0.477 e. The fraction of sp³-hybridized carbons (Fsp3) is 0.348. The summed E-state index contributed by atoms with van der Waals surface area (Å²) in [4.78, 5) is 62.1. The summed E-state index contributed by atoms with van der Waals surface area (Å²) < 4.78 is 1.88. The number of carboxylic acid groups (broad SMARTS) is 1. The zero-order valence-electron chi connectivity index (χ0n) is 20.5. The van der Waals surface area contributed by atoms with Gasteiger partial charge in [0.25, 0.3) is 17.7 Å². The number of nitrogen functional groups attached to an aromatic ring is 1. The Labute approximate surface area is 234 Å². The lowest BCUT2D eigenvalue weighted by atomic mass is 10.0. The van der Waals surface area contributed by atoms with Crippen LogP contribution in [0.2, 0.25) is 0 Å². The Morgan fingerprint density at radius 2 is 2.26 bits per heavy atom. The summed E-state index contributed by atoms with van der Waals surface area (Å²) in [5.41, 5.74) is 6.13. The fourth-order valence-corrected chi connectivity index (χ4v) is 6.68. The van der Waals surface area contributed by atoms with E-state index in [1.54, 1.807) is 11.8 Å². The molecule has 3 atom stereocenters. The topological polar surface area (TPSA) is 180 Å². The number of fused-ring (bicyclic) bond motifs is 1. The standard InChI is InChI=1S/C23H23N7O6S3/c1-37-12-3-2-6-29(8-12)7-11-9-38-21-16(20(33)30(21)17(11)22(34)35)27-19(32)15(13-10-39-23(24)26-13)28-36-14-4-5-25-18(14)31/h2-3,6,8,10,14,16,21H,4-5,7,9H2,1H3,(H4-,24,25,26,27,31,32,34,35)/p+1/b28-15-/t14-,16+,21-/m0/s1. The molecule has 13 nitrogen and oxygen atoms in total. The Balaban J connectivity index is 1.34. The highest BCUT2D eigenvalue weighted by atomic mass is 32.2. The SMILES string of the molecule is CSc1ccc[n+](CC2=C(C(=O)O)N3C(=O)[C@@H](NC(=O)/C(=N\O[C@H]4CCNC4=O)c4csc(N)n4)[C@@H]3SC2)c1. The first-order chi connectivity index (χ1) is 18.8. The molecule has 3 amide bonds. The maximum Gasteiger partial charge on any atom is 0.352 e. The Morgan fingerprint density at radius 3 is 2.92 bits per heavy atom. The van der Waals surface area contributed by atoms with Gasteiger partial charge in [-0.05, 0) is 12.3 Å². The van der Waals surface area contributed by atoms with Gasteiger partial charge in [0.1, 0.15) is 22.8 Å². The maximum absolute atomic E-state index is 13.2. The van der Waals surface area contributed by atoms with E-state index in [2.05, 4.69) is 20.8 Å². The molecule has 0 aliphatic carbocycles. The maximum atomic E-state index is 13.2. The van der Waals surface area contributed by atoms with E-state index in [9.17, 15) is 24.3 Å². The number of amides is 3. The number of oxime groups is 1. The van der Waals surface area contributed by atoms with E-state index in [-0.39, 0.29) is 28.1 Å². The molecule has 5 rings (SSSR count). The smallest absolute Gasteiger partial charge is 0.352 e. The number of hydrogen-bond acceptors (Lipinski definition) is 11. The van der Waals surface area contributed by atoms with Crippen molar-refractivity contribution in [3.8, 4) is 0 Å². The molecule has 5 heterocycles. The minimum absolute atomic E-state index is 0.0759. The number of carboxylic acids is 1. The zero-order chi connectivity index (χ0) is 27.7. The number of aromatic nitrogens is 2. The third kappa shape index (κ3) is 5.44. The van der Waals surface area contributed by atoms with Crippen LogP contribution in [0, 0.1) is 0 Å². The molecule has 16 heteroatoms. The number of nitrogens with two attached hydrogens (primary N) is 1. The summed E-state index contributed by atoms with van der Waals surface area (Å²) in [5.74, 6) is -2.50. The first kappa shape index (κ1) is 27.0. The first-order valence-electron chi connectivity index (χ1n) is 11.7. The van der Waals surface area contributed by atoms with E-state index >= 15 is 0 Å². The van der Waals surface area contributed by atoms with Crippen molar-refractivity contribution in [1.29, 1.82) is 0 Å². The number of nitrogens with one attached hydrogen (secondary N) is 2. The van der Waals surface area contributed by atoms with Crippen LogP contribution in [0.4, 0.5) is 5.13 Å². The van der Waals surface area contributed by atoms with Gasteiger partial charge in [0.15, 0.2) is 29.8 Å². The van der Waals surface area contributed by atoms with Crippen molar-refractivity contribution in [2.45, 2.75) is 35.4 Å². The second-order valence-corrected chi connectivity index (χ2v) is 11.6. The molecule has 2 saturated heterocycles. The average Bonchev–Trinajstić information content (AvgIpc) is 3.54. The molecule has 39 heavy (non-hydrogen) atoms. The molecule has 2 fully saturated rings. The summed E-state index contributed by atoms with van der Waals surface area (Å²) in [7, 11) is 0. The predicted molar refractivity (Wildman–Crippen MR) is 144 cm³/mol. The number of β-lactam (4-membered cyclic amide) rings is 1. The van der Waals surface area contributed by atoms with Gasteiger partial charge in [0.2, 0.25) is 6.10 Å². The molecule has 3 aliphatic heterocycles. The van der Waals surface area contributed by atoms with Crippen LogP contribution in [0.5, 0.6) is 0 Å². The monoisotopic (exact) mass is 590 g/mol. The van der Waals surface area contributed by atoms with Crippen molar-refractivity contribution >= 4 is 69.4 Å². The van der Waals surface area contributed by atoms with Gasteiger partial charge in [-0.3, -0.25) is 19.3 Å². The van der Waals surface area contributed by atoms with Crippen molar-refractivity contribution in [2.24, 2.45) is 5.16 Å². The van der Waals surface area contributed by atoms with Crippen LogP contribution in [0.3, 0.4) is 0 Å². The number of aliphatic carboxylic acids is 1. The van der Waals surface area contributed by atoms with E-state index in [1.807, 2.05) is 35.3 Å². The van der Waals surface area contributed by atoms with Crippen LogP contribution in [0.15, 0.2) is 51.2 Å². The summed E-state index contributed by atoms with van der Waals surface area (Å²) in [6, 6.07) is 2.85. The van der Waals surface area contributed by atoms with Gasteiger partial charge in [-0.1, -0.05) is 5.16 Å². The van der Waals surface area contributed by atoms with Crippen molar-refractivity contribution in [2.75, 3.05) is 24.3 Å². The quantitative estimate of drug-likeness (QED) is 0.100. The number of carbonyl (C=O) groups is 4. The van der Waals surface area contributed by atoms with E-state index in [0.29, 0.717) is 30.8 Å². The molecule has 2 aromatic rings. The Hall–Kier alpha value is -3.63. The van der Waals surface area contributed by atoms with E-state index in [4.69, 9.17) is 10.6 Å². The molecule has 0 spiro atoms. The number of thiazole rings is 1. The molecule has 0 saturated carbocycles. The third-order valence-electron chi connectivity index (χ3n) is 6.23. The van der Waals surface area contributed by atoms with Crippen LogP contribution in [-0.2, 0) is 30.6 Å². The van der Waals surface area contributed by atoms with Crippen molar-refractivity contribution in [3.05, 3.63) is 46.9 Å². The summed E-state index contributed by atoms with van der Waals surface area (Å²) >= 11 is 4.02. The molecular formula is C23H24N7O6S3+. The average molecular weight is 591 g/mol. The second kappa shape index (κ2) is 11.2. The first-order valence-corrected chi connectivity index (χ1v) is 14.9. The lowest BCUT2D eigenvalue weighted by Crippen LogP contribution is -2.71.